The van der Waals surface area contributed by atoms with Gasteiger partial charge in [0.1, 0.15) is 0 Å². The number of hydrogen-bond acceptors (Lipinski definition) is 0. The molecule has 1 saturated carbocycles. The van der Waals surface area contributed by atoms with Crippen molar-refractivity contribution >= 4 is 0 Å². The van der Waals surface area contributed by atoms with Crippen molar-refractivity contribution in [1.82, 2.24) is 0 Å². The van der Waals surface area contributed by atoms with Gasteiger partial charge in [-0.1, -0.05) is 54.4 Å². The third-order valence-corrected chi connectivity index (χ3v) is 5.41. The van der Waals surface area contributed by atoms with E-state index in [0.717, 1.165) is 23.7 Å². The first-order chi connectivity index (χ1) is 6.56. The number of hydrogen-bond donors (Lipinski definition) is 0. The highest BCUT2D eigenvalue weighted by Crippen LogP contribution is 2.67. The Morgan fingerprint density at radius 2 is 1.50 bits per heavy atom. The minimum Gasteiger partial charge on any atom is -0.0651 e. The van der Waals surface area contributed by atoms with Crippen LogP contribution in [0.2, 0.25) is 0 Å². The lowest BCUT2D eigenvalue weighted by Crippen LogP contribution is -2.24. The summed E-state index contributed by atoms with van der Waals surface area (Å²) >= 11 is 0. The Morgan fingerprint density at radius 3 is 1.71 bits per heavy atom. The maximum Gasteiger partial charge on any atom is -0.0213 e. The van der Waals surface area contributed by atoms with Crippen LogP contribution in [-0.4, -0.2) is 0 Å². The van der Waals surface area contributed by atoms with Crippen LogP contribution in [-0.2, 0) is 0 Å². The summed E-state index contributed by atoms with van der Waals surface area (Å²) in [4.78, 5) is 0. The van der Waals surface area contributed by atoms with Crippen LogP contribution in [0.5, 0.6) is 0 Å². The standard InChI is InChI=1S/C14H28/c1-7-10(4)13(8-2)14(9-3)11(5)12(14)6/h10-13H,7-9H2,1-6H3. The van der Waals surface area contributed by atoms with Gasteiger partial charge >= 0.3 is 0 Å². The van der Waals surface area contributed by atoms with E-state index in [1.807, 2.05) is 0 Å². The SMILES string of the molecule is CCC(C)C(CC)C1(CC)C(C)C1C. The van der Waals surface area contributed by atoms with Crippen molar-refractivity contribution in [3.63, 3.8) is 0 Å². The minimum atomic E-state index is 0.699. The predicted octanol–water partition coefficient (Wildman–Crippen LogP) is 4.74. The quantitative estimate of drug-likeness (QED) is 0.595. The van der Waals surface area contributed by atoms with Gasteiger partial charge in [0.15, 0.2) is 0 Å². The summed E-state index contributed by atoms with van der Waals surface area (Å²) < 4.78 is 0. The van der Waals surface area contributed by atoms with Crippen molar-refractivity contribution in [1.29, 1.82) is 0 Å². The van der Waals surface area contributed by atoms with E-state index in [4.69, 9.17) is 0 Å². The van der Waals surface area contributed by atoms with Gasteiger partial charge < -0.3 is 0 Å². The van der Waals surface area contributed by atoms with E-state index in [0.29, 0.717) is 5.41 Å². The van der Waals surface area contributed by atoms with E-state index in [-0.39, 0.29) is 0 Å². The molecule has 4 atom stereocenters. The zero-order chi connectivity index (χ0) is 10.9. The fourth-order valence-corrected chi connectivity index (χ4v) is 4.07. The minimum absolute atomic E-state index is 0.699. The van der Waals surface area contributed by atoms with Crippen LogP contribution in [0.1, 0.15) is 60.8 Å². The van der Waals surface area contributed by atoms with E-state index in [1.54, 1.807) is 0 Å². The molecule has 0 radical (unpaired) electrons. The van der Waals surface area contributed by atoms with Crippen molar-refractivity contribution in [2.24, 2.45) is 29.1 Å². The molecular weight excluding hydrogens is 168 g/mol. The summed E-state index contributed by atoms with van der Waals surface area (Å²) in [6.07, 6.45) is 4.11. The molecule has 0 saturated heterocycles. The third-order valence-electron chi connectivity index (χ3n) is 5.41. The Bertz CT molecular complexity index is 174. The zero-order valence-corrected chi connectivity index (χ0v) is 10.9. The van der Waals surface area contributed by atoms with Crippen LogP contribution in [0.4, 0.5) is 0 Å². The van der Waals surface area contributed by atoms with Crippen LogP contribution in [0.25, 0.3) is 0 Å². The maximum atomic E-state index is 2.46. The van der Waals surface area contributed by atoms with E-state index < -0.39 is 0 Å². The molecule has 4 unspecified atom stereocenters. The lowest BCUT2D eigenvalue weighted by Gasteiger charge is -2.32. The molecule has 1 aliphatic carbocycles. The molecule has 84 valence electrons. The predicted molar refractivity (Wildman–Crippen MR) is 64.3 cm³/mol. The first-order valence-corrected chi connectivity index (χ1v) is 6.56. The summed E-state index contributed by atoms with van der Waals surface area (Å²) in [6, 6.07) is 0. The van der Waals surface area contributed by atoms with Crippen molar-refractivity contribution in [2.75, 3.05) is 0 Å². The second kappa shape index (κ2) is 4.24. The molecule has 1 fully saturated rings. The Hall–Kier alpha value is 0. The molecule has 0 spiro atoms. The van der Waals surface area contributed by atoms with Gasteiger partial charge in [-0.05, 0) is 35.5 Å². The first kappa shape index (κ1) is 12.1. The summed E-state index contributed by atoms with van der Waals surface area (Å²) in [7, 11) is 0. The lowest BCUT2D eigenvalue weighted by atomic mass is 9.73. The maximum absolute atomic E-state index is 2.46. The van der Waals surface area contributed by atoms with Crippen LogP contribution in [0.15, 0.2) is 0 Å². The largest absolute Gasteiger partial charge is 0.0651 e. The Labute approximate surface area is 90.5 Å². The molecule has 0 heterocycles. The average Bonchev–Trinajstić information content (AvgIpc) is 2.72. The van der Waals surface area contributed by atoms with Gasteiger partial charge in [-0.3, -0.25) is 0 Å². The van der Waals surface area contributed by atoms with Gasteiger partial charge in [0.2, 0.25) is 0 Å². The highest BCUT2D eigenvalue weighted by atomic mass is 14.7. The fourth-order valence-electron chi connectivity index (χ4n) is 4.07. The molecule has 0 aromatic heterocycles. The van der Waals surface area contributed by atoms with Crippen LogP contribution in [0.3, 0.4) is 0 Å². The lowest BCUT2D eigenvalue weighted by molar-refractivity contribution is 0.173. The molecule has 1 aliphatic rings. The van der Waals surface area contributed by atoms with E-state index in [9.17, 15) is 0 Å². The van der Waals surface area contributed by atoms with Crippen molar-refractivity contribution in [3.05, 3.63) is 0 Å². The van der Waals surface area contributed by atoms with E-state index in [2.05, 4.69) is 41.5 Å². The fraction of sp³-hybridized carbons (Fsp3) is 1.00. The van der Waals surface area contributed by atoms with Gasteiger partial charge in [0.25, 0.3) is 0 Å². The average molecular weight is 196 g/mol. The second-order valence-electron chi connectivity index (χ2n) is 5.44. The third kappa shape index (κ3) is 1.51. The summed E-state index contributed by atoms with van der Waals surface area (Å²) in [5.74, 6) is 3.80. The van der Waals surface area contributed by atoms with Crippen molar-refractivity contribution in [2.45, 2.75) is 60.8 Å². The van der Waals surface area contributed by atoms with Gasteiger partial charge in [-0.25, -0.2) is 0 Å². The van der Waals surface area contributed by atoms with E-state index in [1.165, 1.54) is 19.3 Å². The zero-order valence-electron chi connectivity index (χ0n) is 10.9. The molecule has 0 bridgehead atoms. The Kier molecular flexibility index (Phi) is 3.66. The summed E-state index contributed by atoms with van der Waals surface area (Å²) in [5.41, 5.74) is 0.699. The van der Waals surface area contributed by atoms with Gasteiger partial charge in [0, 0.05) is 0 Å². The van der Waals surface area contributed by atoms with Crippen LogP contribution in [0, 0.1) is 29.1 Å². The Morgan fingerprint density at radius 1 is 1.00 bits per heavy atom. The normalized spacial score (nSPS) is 40.7. The molecule has 0 aliphatic heterocycles. The number of rotatable bonds is 5. The highest BCUT2D eigenvalue weighted by molar-refractivity contribution is 5.09. The van der Waals surface area contributed by atoms with Crippen LogP contribution >= 0.6 is 0 Å². The molecule has 0 N–H and O–H groups in total. The highest BCUT2D eigenvalue weighted by Gasteiger charge is 2.61. The van der Waals surface area contributed by atoms with E-state index >= 15 is 0 Å². The van der Waals surface area contributed by atoms with Gasteiger partial charge in [0.05, 0.1) is 0 Å². The second-order valence-corrected chi connectivity index (χ2v) is 5.44. The Balaban J connectivity index is 2.78. The molecule has 0 aromatic carbocycles. The van der Waals surface area contributed by atoms with Gasteiger partial charge in [-0.2, -0.15) is 0 Å². The molecule has 14 heavy (non-hydrogen) atoms. The van der Waals surface area contributed by atoms with Crippen molar-refractivity contribution < 1.29 is 0 Å². The molecule has 0 aromatic rings. The van der Waals surface area contributed by atoms with Gasteiger partial charge in [-0.15, -0.1) is 0 Å². The molecule has 0 amide bonds. The topological polar surface area (TPSA) is 0 Å². The summed E-state index contributed by atoms with van der Waals surface area (Å²) in [6.45, 7) is 14.5. The molecule has 0 nitrogen and oxygen atoms in total. The van der Waals surface area contributed by atoms with Crippen LogP contribution < -0.4 is 0 Å². The molecular formula is C14H28. The molecule has 1 rings (SSSR count). The smallest absolute Gasteiger partial charge is 0.0213 e. The monoisotopic (exact) mass is 196 g/mol. The molecule has 0 heteroatoms. The summed E-state index contributed by atoms with van der Waals surface area (Å²) in [5, 5.41) is 0. The first-order valence-electron chi connectivity index (χ1n) is 6.56. The van der Waals surface area contributed by atoms with Crippen molar-refractivity contribution in [3.8, 4) is 0 Å².